The van der Waals surface area contributed by atoms with Crippen molar-refractivity contribution in [2.24, 2.45) is 0 Å². The Morgan fingerprint density at radius 3 is 0.522 bits per heavy atom. The third-order valence-electron chi connectivity index (χ3n) is 0. The van der Waals surface area contributed by atoms with Crippen molar-refractivity contribution >= 4 is 131 Å². The smallest absolute Gasteiger partial charge is 4.00 e. The molecule has 0 amide bonds. The van der Waals surface area contributed by atoms with Crippen LogP contribution in [0.1, 0.15) is 0 Å². The molecule has 0 saturated carbocycles. The van der Waals surface area contributed by atoms with Crippen molar-refractivity contribution in [1.82, 2.24) is 0 Å². The Balaban J connectivity index is -0.0000000284. The van der Waals surface area contributed by atoms with Gasteiger partial charge < -0.3 is 27.3 Å². The van der Waals surface area contributed by atoms with E-state index in [0.29, 0.717) is 0 Å². The third-order valence-corrected chi connectivity index (χ3v) is 0. The predicted octanol–water partition coefficient (Wildman–Crippen LogP) is -6.34. The van der Waals surface area contributed by atoms with Gasteiger partial charge in [0.2, 0.25) is 0 Å². The molecule has 0 unspecified atom stereocenters. The van der Waals surface area contributed by atoms with E-state index < -0.39 is 41.6 Å². The van der Waals surface area contributed by atoms with E-state index in [1.807, 2.05) is 0 Å². The standard InChI is InChI=1S/Ba.4H2O4S.H2Se.Sn/c;4*1-5(2,3)4;;/h;4*(H2,1,2,3,4);1H2;/q+2;;;;;;+4/p-6. The summed E-state index contributed by atoms with van der Waals surface area (Å²) < 4.78 is 134. The molecule has 0 aromatic carbocycles. The largest absolute Gasteiger partial charge is 4.00 e. The number of rotatable bonds is 0. The van der Waals surface area contributed by atoms with Crippen molar-refractivity contribution < 1.29 is 70.1 Å². The molecule has 0 aliphatic carbocycles. The minimum absolute atomic E-state index is 0. The van der Waals surface area contributed by atoms with Gasteiger partial charge in [-0.05, 0) is 0 Å². The summed E-state index contributed by atoms with van der Waals surface area (Å²) in [6.45, 7) is 0. The zero-order valence-corrected chi connectivity index (χ0v) is 22.6. The molecule has 0 saturated heterocycles. The molecular formula is H4BaO16S4SeSn. The molecule has 0 aromatic rings. The second-order valence-electron chi connectivity index (χ2n) is 1.67. The van der Waals surface area contributed by atoms with Crippen LogP contribution >= 0.6 is 0 Å². The van der Waals surface area contributed by atoms with Crippen LogP contribution in [0.15, 0.2) is 0 Å². The van der Waals surface area contributed by atoms with Gasteiger partial charge in [0.25, 0.3) is 0 Å². The number of hydrogen-bond donors (Lipinski definition) is 2. The summed E-state index contributed by atoms with van der Waals surface area (Å²) >= 11 is 0. The van der Waals surface area contributed by atoms with Crippen LogP contribution in [-0.2, 0) is 41.6 Å². The van der Waals surface area contributed by atoms with Gasteiger partial charge in [0.15, 0.2) is 0 Å². The fraction of sp³-hybridized carbons (Fsp3) is 0. The maximum Gasteiger partial charge on any atom is 4.00 e. The van der Waals surface area contributed by atoms with Crippen LogP contribution in [0.2, 0.25) is 0 Å². The maximum atomic E-state index is 8.74. The fourth-order valence-corrected chi connectivity index (χ4v) is 0. The van der Waals surface area contributed by atoms with Crippen molar-refractivity contribution in [3.63, 3.8) is 0 Å². The summed E-state index contributed by atoms with van der Waals surface area (Å²) in [5.41, 5.74) is 0. The first kappa shape index (κ1) is 44.6. The molecule has 0 atom stereocenters. The molecule has 23 heteroatoms. The van der Waals surface area contributed by atoms with Crippen molar-refractivity contribution in [2.75, 3.05) is 0 Å². The Kier molecular flexibility index (Phi) is 37.2. The molecule has 0 radical (unpaired) electrons. The first-order valence-corrected chi connectivity index (χ1v) is 8.10. The van der Waals surface area contributed by atoms with Crippen LogP contribution in [0.4, 0.5) is 0 Å². The second-order valence-corrected chi connectivity index (χ2v) is 5.02. The molecule has 0 rings (SSSR count). The van der Waals surface area contributed by atoms with Crippen molar-refractivity contribution in [3.8, 4) is 0 Å². The Morgan fingerprint density at radius 1 is 0.522 bits per heavy atom. The molecule has 0 bridgehead atoms. The Labute approximate surface area is 198 Å². The summed E-state index contributed by atoms with van der Waals surface area (Å²) in [6, 6.07) is 0. The van der Waals surface area contributed by atoms with Crippen LogP contribution in [0, 0.1) is 0 Å². The molecule has 136 valence electrons. The summed E-state index contributed by atoms with van der Waals surface area (Å²) in [4.78, 5) is 0. The fourth-order valence-electron chi connectivity index (χ4n) is 0. The van der Waals surface area contributed by atoms with Gasteiger partial charge in [-0.15, -0.1) is 0 Å². The van der Waals surface area contributed by atoms with E-state index in [1.54, 1.807) is 0 Å². The van der Waals surface area contributed by atoms with Gasteiger partial charge in [-0.2, -0.15) is 8.42 Å². The Morgan fingerprint density at radius 2 is 0.522 bits per heavy atom. The van der Waals surface area contributed by atoms with Crippen LogP contribution in [0.25, 0.3) is 0 Å². The molecule has 23 heavy (non-hydrogen) atoms. The summed E-state index contributed by atoms with van der Waals surface area (Å²) in [5.74, 6) is 0. The van der Waals surface area contributed by atoms with Gasteiger partial charge in [0, 0.05) is 31.2 Å². The monoisotopic (exact) mass is 726 g/mol. The van der Waals surface area contributed by atoms with E-state index in [4.69, 9.17) is 70.1 Å². The van der Waals surface area contributed by atoms with E-state index in [1.165, 1.54) is 0 Å². The molecule has 0 spiro atoms. The molecule has 0 aromatic heterocycles. The molecule has 0 aliphatic rings. The normalized spacial score (nSPS) is 10.1. The van der Waals surface area contributed by atoms with Gasteiger partial charge in [0.1, 0.15) is 0 Å². The van der Waals surface area contributed by atoms with E-state index >= 15 is 0 Å². The van der Waals surface area contributed by atoms with Crippen molar-refractivity contribution in [2.45, 2.75) is 0 Å². The van der Waals surface area contributed by atoms with Gasteiger partial charge in [-0.25, -0.2) is 0 Å². The first-order valence-electron chi connectivity index (χ1n) is 2.70. The van der Waals surface area contributed by atoms with E-state index in [9.17, 15) is 0 Å². The quantitative estimate of drug-likeness (QED) is 0.133. The summed E-state index contributed by atoms with van der Waals surface area (Å²) in [7, 11) is -20.2. The molecule has 2 N–H and O–H groups in total. The predicted molar refractivity (Wildman–Crippen MR) is 65.7 cm³/mol. The van der Waals surface area contributed by atoms with Gasteiger partial charge in [-0.3, -0.25) is 34.4 Å². The summed E-state index contributed by atoms with van der Waals surface area (Å²) in [5, 5.41) is 0. The molecule has 0 heterocycles. The second kappa shape index (κ2) is 19.1. The SMILES string of the molecule is O=S(=O)(O)O.O=S(=O)([O-])[O-].O=S(=O)([O-])[O-].O=S(=O)([O-])[O-].[Ba+2].[SeH2].[Sn+4]. The van der Waals surface area contributed by atoms with Crippen molar-refractivity contribution in [3.05, 3.63) is 0 Å². The van der Waals surface area contributed by atoms with Crippen LogP contribution in [0.5, 0.6) is 0 Å². The molecular weight excluding hydrogens is 719 g/mol. The zero-order chi connectivity index (χ0) is 18.0. The topological polar surface area (TPSA) is 315 Å². The zero-order valence-electron chi connectivity index (χ0n) is 9.95. The number of hydrogen-bond acceptors (Lipinski definition) is 14. The average Bonchev–Trinajstić information content (AvgIpc) is 1.62. The maximum absolute atomic E-state index is 8.74. The Bertz CT molecular complexity index is 485. The minimum atomic E-state index is -5.17. The van der Waals surface area contributed by atoms with E-state index in [0.717, 1.165) is 0 Å². The van der Waals surface area contributed by atoms with Crippen LogP contribution < -0.4 is 0 Å². The molecule has 0 aliphatic heterocycles. The van der Waals surface area contributed by atoms with E-state index in [2.05, 4.69) is 0 Å². The van der Waals surface area contributed by atoms with Gasteiger partial charge in [0.05, 0.1) is 0 Å². The van der Waals surface area contributed by atoms with Gasteiger partial charge >= 0.3 is 100 Å². The first-order chi connectivity index (χ1) is 8.00. The molecule has 16 nitrogen and oxygen atoms in total. The average molecular weight is 723 g/mol. The van der Waals surface area contributed by atoms with Gasteiger partial charge in [-0.1, -0.05) is 0 Å². The minimum Gasteiger partial charge on any atom is 4.00 e. The Hall–Kier alpha value is 2.37. The van der Waals surface area contributed by atoms with E-state index in [-0.39, 0.29) is 89.9 Å². The van der Waals surface area contributed by atoms with Crippen molar-refractivity contribution in [1.29, 1.82) is 0 Å². The third kappa shape index (κ3) is 2170. The van der Waals surface area contributed by atoms with Crippen LogP contribution in [-0.4, -0.2) is 160 Å². The summed E-state index contributed by atoms with van der Waals surface area (Å²) in [6.07, 6.45) is 0. The van der Waals surface area contributed by atoms with Crippen LogP contribution in [0.3, 0.4) is 0 Å². The molecule has 0 fully saturated rings.